The Balaban J connectivity index is 1.33. The van der Waals surface area contributed by atoms with Gasteiger partial charge < -0.3 is 5.11 Å². The number of aromatic hydroxyl groups is 1. The van der Waals surface area contributed by atoms with Gasteiger partial charge in [0, 0.05) is 23.4 Å². The number of benzene rings is 1. The van der Waals surface area contributed by atoms with E-state index in [-0.39, 0.29) is 24.0 Å². The van der Waals surface area contributed by atoms with Gasteiger partial charge in [-0.2, -0.15) is 0 Å². The maximum Gasteiger partial charge on any atom is 0.269 e. The summed E-state index contributed by atoms with van der Waals surface area (Å²) in [6, 6.07) is 9.60. The van der Waals surface area contributed by atoms with Crippen LogP contribution in [-0.2, 0) is 9.59 Å². The Morgan fingerprint density at radius 2 is 1.87 bits per heavy atom. The van der Waals surface area contributed by atoms with Crippen LogP contribution in [0.25, 0.3) is 6.08 Å². The molecule has 1 aromatic heterocycles. The quantitative estimate of drug-likeness (QED) is 0.233. The Morgan fingerprint density at radius 3 is 2.58 bits per heavy atom. The molecule has 1 aromatic carbocycles. The van der Waals surface area contributed by atoms with Gasteiger partial charge in [-0.25, -0.2) is 0 Å². The third-order valence-corrected chi connectivity index (χ3v) is 6.62. The number of unbranched alkanes of at least 4 members (excludes halogenated alkanes) is 2. The molecule has 3 rings (SSSR count). The van der Waals surface area contributed by atoms with E-state index in [1.54, 1.807) is 16.2 Å². The Labute approximate surface area is 193 Å². The normalized spacial score (nSPS) is 14.8. The molecule has 3 amide bonds. The first-order chi connectivity index (χ1) is 14.9. The Kier molecular flexibility index (Phi) is 8.21. The van der Waals surface area contributed by atoms with Gasteiger partial charge in [-0.05, 0) is 54.6 Å². The van der Waals surface area contributed by atoms with Crippen molar-refractivity contribution >= 4 is 63.4 Å². The lowest BCUT2D eigenvalue weighted by Crippen LogP contribution is -2.41. The van der Waals surface area contributed by atoms with Crippen molar-refractivity contribution in [2.75, 3.05) is 6.54 Å². The van der Waals surface area contributed by atoms with Gasteiger partial charge in [0.1, 0.15) is 10.1 Å². The number of nitrogens with one attached hydrogen (secondary N) is 2. The van der Waals surface area contributed by atoms with E-state index in [1.165, 1.54) is 36.0 Å². The number of phenolic OH excluding ortho intramolecular Hbond substituents is 1. The molecule has 1 aliphatic rings. The second kappa shape index (κ2) is 11.1. The van der Waals surface area contributed by atoms with Crippen LogP contribution in [0.3, 0.4) is 0 Å². The standard InChI is InChI=1S/C21H21N3O4S3/c25-15-9-7-14(8-10-15)19(27)23-22-18(26)6-2-1-3-11-24-20(28)17(31-21(24)29)13-16-5-4-12-30-16/h4-5,7-10,12-13,25H,1-3,6,11H2,(H,22,26)(H,23,27)/b17-13+. The molecule has 3 N–H and O–H groups in total. The molecular weight excluding hydrogens is 454 g/mol. The fourth-order valence-electron chi connectivity index (χ4n) is 2.80. The number of rotatable bonds is 8. The van der Waals surface area contributed by atoms with E-state index in [4.69, 9.17) is 12.2 Å². The third kappa shape index (κ3) is 6.65. The SMILES string of the molecule is O=C(CCCCCN1C(=O)/C(=C\c2cccs2)SC1=S)NNC(=O)c1ccc(O)cc1. The number of thioether (sulfide) groups is 1. The van der Waals surface area contributed by atoms with Crippen LogP contribution < -0.4 is 10.9 Å². The number of hydrogen-bond acceptors (Lipinski definition) is 7. The van der Waals surface area contributed by atoms with Crippen molar-refractivity contribution in [1.82, 2.24) is 15.8 Å². The Bertz CT molecular complexity index is 988. The average molecular weight is 476 g/mol. The number of hydrogen-bond donors (Lipinski definition) is 3. The topological polar surface area (TPSA) is 98.7 Å². The molecule has 1 saturated heterocycles. The fourth-order valence-corrected chi connectivity index (χ4v) is 4.83. The summed E-state index contributed by atoms with van der Waals surface area (Å²) in [7, 11) is 0. The van der Waals surface area contributed by atoms with Crippen LogP contribution in [0.4, 0.5) is 0 Å². The van der Waals surface area contributed by atoms with Gasteiger partial charge in [0.25, 0.3) is 11.8 Å². The zero-order valence-electron chi connectivity index (χ0n) is 16.5. The molecule has 0 aliphatic carbocycles. The van der Waals surface area contributed by atoms with Crippen molar-refractivity contribution in [3.8, 4) is 5.75 Å². The van der Waals surface area contributed by atoms with Gasteiger partial charge in [0.05, 0.1) is 4.91 Å². The number of thiophene rings is 1. The highest BCUT2D eigenvalue weighted by molar-refractivity contribution is 8.26. The summed E-state index contributed by atoms with van der Waals surface area (Å²) in [4.78, 5) is 39.6. The lowest BCUT2D eigenvalue weighted by molar-refractivity contribution is -0.123. The van der Waals surface area contributed by atoms with E-state index < -0.39 is 5.91 Å². The number of hydrazine groups is 1. The van der Waals surface area contributed by atoms with E-state index in [1.807, 2.05) is 23.6 Å². The zero-order valence-corrected chi connectivity index (χ0v) is 18.9. The second-order valence-corrected chi connectivity index (χ2v) is 9.36. The van der Waals surface area contributed by atoms with Crippen LogP contribution in [-0.4, -0.2) is 38.6 Å². The molecule has 0 radical (unpaired) electrons. The van der Waals surface area contributed by atoms with Gasteiger partial charge in [-0.15, -0.1) is 11.3 Å². The number of amides is 3. The molecule has 2 heterocycles. The Hall–Kier alpha value is -2.69. The highest BCUT2D eigenvalue weighted by Gasteiger charge is 2.31. The second-order valence-electron chi connectivity index (χ2n) is 6.71. The molecule has 31 heavy (non-hydrogen) atoms. The minimum absolute atomic E-state index is 0.0605. The first kappa shape index (κ1) is 23.0. The number of nitrogens with zero attached hydrogens (tertiary/aromatic N) is 1. The summed E-state index contributed by atoms with van der Waals surface area (Å²) in [5.74, 6) is -0.765. The van der Waals surface area contributed by atoms with Gasteiger partial charge in [-0.1, -0.05) is 36.5 Å². The summed E-state index contributed by atoms with van der Waals surface area (Å²) in [6.07, 6.45) is 4.22. The lowest BCUT2D eigenvalue weighted by Gasteiger charge is -2.14. The molecule has 2 aromatic rings. The van der Waals surface area contributed by atoms with E-state index in [2.05, 4.69) is 10.9 Å². The first-order valence-electron chi connectivity index (χ1n) is 9.61. The molecule has 0 saturated carbocycles. The van der Waals surface area contributed by atoms with E-state index in [0.717, 1.165) is 17.7 Å². The molecule has 10 heteroatoms. The van der Waals surface area contributed by atoms with Gasteiger partial charge >= 0.3 is 0 Å². The van der Waals surface area contributed by atoms with Crippen LogP contribution in [0.2, 0.25) is 0 Å². The molecule has 1 aliphatic heterocycles. The fraction of sp³-hybridized carbons (Fsp3) is 0.238. The van der Waals surface area contributed by atoms with Gasteiger partial charge in [0.15, 0.2) is 0 Å². The summed E-state index contributed by atoms with van der Waals surface area (Å²) in [6.45, 7) is 0.519. The van der Waals surface area contributed by atoms with Gasteiger partial charge in [0.2, 0.25) is 5.91 Å². The maximum absolute atomic E-state index is 12.5. The molecule has 162 valence electrons. The number of thiocarbonyl (C=S) groups is 1. The summed E-state index contributed by atoms with van der Waals surface area (Å²) >= 11 is 8.21. The van der Waals surface area contributed by atoms with E-state index in [9.17, 15) is 19.5 Å². The predicted octanol–water partition coefficient (Wildman–Crippen LogP) is 3.68. The van der Waals surface area contributed by atoms with Crippen molar-refractivity contribution in [3.05, 3.63) is 57.1 Å². The molecular formula is C21H21N3O4S3. The largest absolute Gasteiger partial charge is 0.508 e. The predicted molar refractivity (Wildman–Crippen MR) is 126 cm³/mol. The van der Waals surface area contributed by atoms with Gasteiger partial charge in [-0.3, -0.25) is 30.1 Å². The zero-order chi connectivity index (χ0) is 22.2. The van der Waals surface area contributed by atoms with Crippen molar-refractivity contribution in [2.45, 2.75) is 25.7 Å². The van der Waals surface area contributed by atoms with Crippen molar-refractivity contribution in [3.63, 3.8) is 0 Å². The summed E-state index contributed by atoms with van der Waals surface area (Å²) < 4.78 is 0.558. The van der Waals surface area contributed by atoms with E-state index in [0.29, 0.717) is 27.8 Å². The van der Waals surface area contributed by atoms with Crippen molar-refractivity contribution in [1.29, 1.82) is 0 Å². The third-order valence-electron chi connectivity index (χ3n) is 4.42. The Morgan fingerprint density at radius 1 is 1.10 bits per heavy atom. The number of phenols is 1. The van der Waals surface area contributed by atoms with Crippen LogP contribution >= 0.6 is 35.3 Å². The molecule has 0 spiro atoms. The minimum Gasteiger partial charge on any atom is -0.508 e. The highest BCUT2D eigenvalue weighted by Crippen LogP contribution is 2.33. The van der Waals surface area contributed by atoms with Crippen LogP contribution in [0.15, 0.2) is 46.7 Å². The van der Waals surface area contributed by atoms with Crippen LogP contribution in [0.1, 0.15) is 40.9 Å². The maximum atomic E-state index is 12.5. The van der Waals surface area contributed by atoms with E-state index >= 15 is 0 Å². The molecule has 0 unspecified atom stereocenters. The molecule has 1 fully saturated rings. The average Bonchev–Trinajstić information content (AvgIpc) is 3.35. The molecule has 0 atom stereocenters. The lowest BCUT2D eigenvalue weighted by atomic mass is 10.2. The molecule has 7 nitrogen and oxygen atoms in total. The van der Waals surface area contributed by atoms with Crippen LogP contribution in [0.5, 0.6) is 5.75 Å². The smallest absolute Gasteiger partial charge is 0.269 e. The van der Waals surface area contributed by atoms with Crippen molar-refractivity contribution < 1.29 is 19.5 Å². The van der Waals surface area contributed by atoms with Crippen LogP contribution in [0, 0.1) is 0 Å². The first-order valence-corrected chi connectivity index (χ1v) is 11.7. The monoisotopic (exact) mass is 475 g/mol. The summed E-state index contributed by atoms with van der Waals surface area (Å²) in [5.41, 5.74) is 5.04. The minimum atomic E-state index is -0.460. The molecule has 0 bridgehead atoms. The summed E-state index contributed by atoms with van der Waals surface area (Å²) in [5, 5.41) is 11.2. The highest BCUT2D eigenvalue weighted by atomic mass is 32.2. The number of carbonyl (C=O) groups is 3. The number of carbonyl (C=O) groups excluding carboxylic acids is 3. The van der Waals surface area contributed by atoms with Crippen molar-refractivity contribution in [2.24, 2.45) is 0 Å².